The van der Waals surface area contributed by atoms with E-state index in [1.165, 1.54) is 14.2 Å². The number of aliphatic carboxylic acids is 1. The van der Waals surface area contributed by atoms with Gasteiger partial charge in [0.25, 0.3) is 0 Å². The number of amides is 2. The summed E-state index contributed by atoms with van der Waals surface area (Å²) in [4.78, 5) is 35.2. The second kappa shape index (κ2) is 7.88. The van der Waals surface area contributed by atoms with Crippen LogP contribution in [0.2, 0.25) is 0 Å². The number of hydrogen-bond acceptors (Lipinski definition) is 4. The molecule has 0 aromatic heterocycles. The van der Waals surface area contributed by atoms with E-state index in [0.717, 1.165) is 10.5 Å². The molecule has 0 aliphatic heterocycles. The van der Waals surface area contributed by atoms with E-state index in [1.54, 1.807) is 24.3 Å². The molecule has 7 nitrogen and oxygen atoms in total. The highest BCUT2D eigenvalue weighted by Gasteiger charge is 2.23. The Balaban J connectivity index is 2.64. The van der Waals surface area contributed by atoms with Crippen LogP contribution in [0.1, 0.15) is 5.56 Å². The number of esters is 1. The highest BCUT2D eigenvalue weighted by Crippen LogP contribution is 2.04. The molecular weight excluding hydrogens is 276 g/mol. The number of carboxylic acids is 1. The first-order valence-electron chi connectivity index (χ1n) is 6.29. The van der Waals surface area contributed by atoms with Crippen LogP contribution in [-0.4, -0.2) is 54.7 Å². The van der Waals surface area contributed by atoms with Crippen molar-refractivity contribution in [2.45, 2.75) is 12.5 Å². The predicted octanol–water partition coefficient (Wildman–Crippen LogP) is 0.497. The molecule has 1 aromatic rings. The lowest BCUT2D eigenvalue weighted by Crippen LogP contribution is -2.48. The zero-order valence-electron chi connectivity index (χ0n) is 11.9. The number of rotatable bonds is 6. The van der Waals surface area contributed by atoms with Crippen molar-refractivity contribution in [3.05, 3.63) is 35.9 Å². The molecule has 2 amide bonds. The van der Waals surface area contributed by atoms with E-state index in [-0.39, 0.29) is 13.0 Å². The second-order valence-corrected chi connectivity index (χ2v) is 4.46. The van der Waals surface area contributed by atoms with Gasteiger partial charge in [0.2, 0.25) is 0 Å². The van der Waals surface area contributed by atoms with Crippen LogP contribution in [0.15, 0.2) is 30.3 Å². The minimum absolute atomic E-state index is 0.161. The summed E-state index contributed by atoms with van der Waals surface area (Å²) in [5.41, 5.74) is 0.792. The summed E-state index contributed by atoms with van der Waals surface area (Å²) in [5.74, 6) is -1.72. The zero-order chi connectivity index (χ0) is 15.8. The quantitative estimate of drug-likeness (QED) is 0.745. The average molecular weight is 294 g/mol. The van der Waals surface area contributed by atoms with Crippen LogP contribution in [-0.2, 0) is 20.7 Å². The number of methoxy groups -OCH3 is 1. The summed E-state index contributed by atoms with van der Waals surface area (Å²) in [6.07, 6.45) is 0.161. The third kappa shape index (κ3) is 5.52. The molecule has 114 valence electrons. The van der Waals surface area contributed by atoms with E-state index in [9.17, 15) is 14.4 Å². The normalized spacial score (nSPS) is 11.3. The Morgan fingerprint density at radius 3 is 2.43 bits per heavy atom. The van der Waals surface area contributed by atoms with Gasteiger partial charge in [-0.05, 0) is 5.56 Å². The lowest BCUT2D eigenvalue weighted by atomic mass is 10.1. The van der Waals surface area contributed by atoms with Gasteiger partial charge < -0.3 is 20.1 Å². The summed E-state index contributed by atoms with van der Waals surface area (Å²) in [6, 6.07) is 7.24. The first-order chi connectivity index (χ1) is 9.93. The average Bonchev–Trinajstić information content (AvgIpc) is 2.47. The van der Waals surface area contributed by atoms with Crippen molar-refractivity contribution in [2.75, 3.05) is 20.7 Å². The van der Waals surface area contributed by atoms with Crippen molar-refractivity contribution in [3.63, 3.8) is 0 Å². The highest BCUT2D eigenvalue weighted by molar-refractivity contribution is 5.85. The number of nitrogens with one attached hydrogen (secondary N) is 1. The Hall–Kier alpha value is -2.57. The minimum atomic E-state index is -1.14. The molecule has 0 heterocycles. The third-order valence-electron chi connectivity index (χ3n) is 2.82. The fourth-order valence-electron chi connectivity index (χ4n) is 1.64. The molecule has 0 aliphatic rings. The number of carboxylic acid groups (broad SMARTS) is 1. The Bertz CT molecular complexity index is 503. The van der Waals surface area contributed by atoms with Crippen LogP contribution in [0.5, 0.6) is 0 Å². The Kier molecular flexibility index (Phi) is 6.19. The summed E-state index contributed by atoms with van der Waals surface area (Å²) in [7, 11) is 2.59. The molecule has 0 bridgehead atoms. The lowest BCUT2D eigenvalue weighted by molar-refractivity contribution is -0.141. The number of carbonyl (C=O) groups is 3. The molecule has 1 atom stereocenters. The van der Waals surface area contributed by atoms with E-state index in [2.05, 4.69) is 10.1 Å². The second-order valence-electron chi connectivity index (χ2n) is 4.46. The Labute approximate surface area is 122 Å². The topological polar surface area (TPSA) is 95.9 Å². The van der Waals surface area contributed by atoms with E-state index in [0.29, 0.717) is 0 Å². The van der Waals surface area contributed by atoms with Crippen LogP contribution in [0.4, 0.5) is 4.79 Å². The highest BCUT2D eigenvalue weighted by atomic mass is 16.5. The molecule has 1 aromatic carbocycles. The fourth-order valence-corrected chi connectivity index (χ4v) is 1.64. The Morgan fingerprint density at radius 2 is 1.90 bits per heavy atom. The molecule has 1 rings (SSSR count). The summed E-state index contributed by atoms with van der Waals surface area (Å²) < 4.78 is 4.44. The maximum atomic E-state index is 11.8. The van der Waals surface area contributed by atoms with Crippen LogP contribution in [0.25, 0.3) is 0 Å². The van der Waals surface area contributed by atoms with Gasteiger partial charge in [0, 0.05) is 13.5 Å². The molecule has 0 saturated carbocycles. The van der Waals surface area contributed by atoms with Crippen LogP contribution < -0.4 is 5.32 Å². The monoisotopic (exact) mass is 294 g/mol. The lowest BCUT2D eigenvalue weighted by Gasteiger charge is -2.20. The van der Waals surface area contributed by atoms with Gasteiger partial charge in [-0.15, -0.1) is 0 Å². The molecule has 0 aliphatic carbocycles. The molecule has 0 spiro atoms. The predicted molar refractivity (Wildman–Crippen MR) is 74.7 cm³/mol. The van der Waals surface area contributed by atoms with Gasteiger partial charge in [0.15, 0.2) is 0 Å². The summed E-state index contributed by atoms with van der Waals surface area (Å²) in [6.45, 7) is -0.250. The van der Waals surface area contributed by atoms with E-state index in [4.69, 9.17) is 5.11 Å². The molecule has 7 heteroatoms. The first kappa shape index (κ1) is 16.5. The number of ether oxygens (including phenoxy) is 1. The zero-order valence-corrected chi connectivity index (χ0v) is 11.9. The van der Waals surface area contributed by atoms with Crippen molar-refractivity contribution in [3.8, 4) is 0 Å². The van der Waals surface area contributed by atoms with Crippen molar-refractivity contribution >= 4 is 18.0 Å². The number of hydrogen-bond donors (Lipinski definition) is 2. The van der Waals surface area contributed by atoms with E-state index in [1.807, 2.05) is 6.07 Å². The van der Waals surface area contributed by atoms with Crippen molar-refractivity contribution in [1.82, 2.24) is 10.2 Å². The van der Waals surface area contributed by atoms with Crippen LogP contribution in [0, 0.1) is 0 Å². The van der Waals surface area contributed by atoms with Gasteiger partial charge in [-0.1, -0.05) is 30.3 Å². The number of benzene rings is 1. The largest absolute Gasteiger partial charge is 0.480 e. The fraction of sp³-hybridized carbons (Fsp3) is 0.357. The number of likely N-dealkylation sites (N-methyl/N-ethyl adjacent to an activating group) is 1. The number of carbonyl (C=O) groups excluding carboxylic acids is 2. The van der Waals surface area contributed by atoms with Gasteiger partial charge >= 0.3 is 18.0 Å². The Morgan fingerprint density at radius 1 is 1.29 bits per heavy atom. The molecule has 0 unspecified atom stereocenters. The van der Waals surface area contributed by atoms with Crippen LogP contribution >= 0.6 is 0 Å². The van der Waals surface area contributed by atoms with Crippen LogP contribution in [0.3, 0.4) is 0 Å². The van der Waals surface area contributed by atoms with Gasteiger partial charge in [0.05, 0.1) is 7.11 Å². The third-order valence-corrected chi connectivity index (χ3v) is 2.82. The van der Waals surface area contributed by atoms with Crippen molar-refractivity contribution < 1.29 is 24.2 Å². The molecule has 0 saturated heterocycles. The van der Waals surface area contributed by atoms with Gasteiger partial charge in [-0.3, -0.25) is 4.79 Å². The number of urea groups is 1. The standard InChI is InChI=1S/C14H18N2O5/c1-16(9-12(17)21-2)14(20)15-11(13(18)19)8-10-6-4-3-5-7-10/h3-7,11H,8-9H2,1-2H3,(H,15,20)(H,18,19)/t11-/m1/s1. The van der Waals surface area contributed by atoms with Crippen molar-refractivity contribution in [2.24, 2.45) is 0 Å². The van der Waals surface area contributed by atoms with Crippen molar-refractivity contribution in [1.29, 1.82) is 0 Å². The van der Waals surface area contributed by atoms with Gasteiger partial charge in [-0.25, -0.2) is 9.59 Å². The molecule has 0 fully saturated rings. The van der Waals surface area contributed by atoms with E-state index < -0.39 is 24.0 Å². The molecular formula is C14H18N2O5. The molecule has 0 radical (unpaired) electrons. The first-order valence-corrected chi connectivity index (χ1v) is 6.29. The van der Waals surface area contributed by atoms with Gasteiger partial charge in [-0.2, -0.15) is 0 Å². The molecule has 2 N–H and O–H groups in total. The number of nitrogens with zero attached hydrogens (tertiary/aromatic N) is 1. The van der Waals surface area contributed by atoms with Gasteiger partial charge in [0.1, 0.15) is 12.6 Å². The van der Waals surface area contributed by atoms with E-state index >= 15 is 0 Å². The minimum Gasteiger partial charge on any atom is -0.480 e. The summed E-state index contributed by atoms with van der Waals surface area (Å²) in [5, 5.41) is 11.5. The molecule has 21 heavy (non-hydrogen) atoms. The maximum absolute atomic E-state index is 11.8. The SMILES string of the molecule is COC(=O)CN(C)C(=O)N[C@H](Cc1ccccc1)C(=O)O. The maximum Gasteiger partial charge on any atom is 0.326 e. The summed E-state index contributed by atoms with van der Waals surface area (Å²) >= 11 is 0. The smallest absolute Gasteiger partial charge is 0.326 e.